The van der Waals surface area contributed by atoms with Gasteiger partial charge in [0, 0.05) is 13.1 Å². The lowest BCUT2D eigenvalue weighted by Crippen LogP contribution is -2.21. The van der Waals surface area contributed by atoms with Crippen LogP contribution in [-0.2, 0) is 11.3 Å². The largest absolute Gasteiger partial charge is 0.481 e. The van der Waals surface area contributed by atoms with E-state index in [1.54, 1.807) is 0 Å². The number of hydrogen-bond donors (Lipinski definition) is 1. The van der Waals surface area contributed by atoms with Crippen molar-refractivity contribution in [2.75, 3.05) is 13.6 Å². The summed E-state index contributed by atoms with van der Waals surface area (Å²) in [7, 11) is 1.97. The zero-order valence-electron chi connectivity index (χ0n) is 10.2. The van der Waals surface area contributed by atoms with E-state index in [0.717, 1.165) is 12.5 Å². The van der Waals surface area contributed by atoms with Crippen molar-refractivity contribution in [3.8, 4) is 0 Å². The molecule has 3 nitrogen and oxygen atoms in total. The van der Waals surface area contributed by atoms with Gasteiger partial charge in [-0.1, -0.05) is 24.3 Å². The zero-order valence-corrected chi connectivity index (χ0v) is 10.2. The van der Waals surface area contributed by atoms with Gasteiger partial charge in [0.1, 0.15) is 0 Å². The molecule has 0 bridgehead atoms. The zero-order chi connectivity index (χ0) is 12.3. The maximum absolute atomic E-state index is 10.5. The van der Waals surface area contributed by atoms with E-state index < -0.39 is 5.97 Å². The Morgan fingerprint density at radius 3 is 2.88 bits per heavy atom. The molecule has 1 aliphatic rings. The Balaban J connectivity index is 1.88. The summed E-state index contributed by atoms with van der Waals surface area (Å²) in [6, 6.07) is 8.67. The second-order valence-corrected chi connectivity index (χ2v) is 4.90. The molecule has 17 heavy (non-hydrogen) atoms. The van der Waals surface area contributed by atoms with Gasteiger partial charge in [-0.25, -0.2) is 0 Å². The Bertz CT molecular complexity index is 399. The fourth-order valence-electron chi connectivity index (χ4n) is 2.04. The SMILES string of the molecule is CN(CCC(=O)O)Cc1cccc(C2CC2)c1. The lowest BCUT2D eigenvalue weighted by Gasteiger charge is -2.15. The minimum Gasteiger partial charge on any atom is -0.481 e. The van der Waals surface area contributed by atoms with Crippen LogP contribution in [0, 0.1) is 0 Å². The lowest BCUT2D eigenvalue weighted by molar-refractivity contribution is -0.137. The first-order chi connectivity index (χ1) is 8.15. The predicted molar refractivity (Wildman–Crippen MR) is 67.0 cm³/mol. The fourth-order valence-corrected chi connectivity index (χ4v) is 2.04. The average Bonchev–Trinajstić information content (AvgIpc) is 3.10. The quantitative estimate of drug-likeness (QED) is 0.820. The maximum atomic E-state index is 10.5. The average molecular weight is 233 g/mol. The van der Waals surface area contributed by atoms with Crippen LogP contribution in [0.25, 0.3) is 0 Å². The third-order valence-corrected chi connectivity index (χ3v) is 3.16. The number of rotatable bonds is 6. The standard InChI is InChI=1S/C14H19NO2/c1-15(8-7-14(16)17)10-11-3-2-4-13(9-11)12-5-6-12/h2-4,9,12H,5-8,10H2,1H3,(H,16,17). The maximum Gasteiger partial charge on any atom is 0.304 e. The molecule has 1 aromatic rings. The molecule has 0 radical (unpaired) electrons. The first-order valence-electron chi connectivity index (χ1n) is 6.14. The van der Waals surface area contributed by atoms with Crippen molar-refractivity contribution in [2.45, 2.75) is 31.7 Å². The van der Waals surface area contributed by atoms with E-state index in [9.17, 15) is 4.79 Å². The van der Waals surface area contributed by atoms with Crippen molar-refractivity contribution >= 4 is 5.97 Å². The molecule has 92 valence electrons. The van der Waals surface area contributed by atoms with Crippen molar-refractivity contribution < 1.29 is 9.90 Å². The highest BCUT2D eigenvalue weighted by Gasteiger charge is 2.23. The van der Waals surface area contributed by atoms with Crippen LogP contribution >= 0.6 is 0 Å². The van der Waals surface area contributed by atoms with Gasteiger partial charge >= 0.3 is 5.97 Å². The second kappa shape index (κ2) is 5.32. The summed E-state index contributed by atoms with van der Waals surface area (Å²) in [5, 5.41) is 8.63. The van der Waals surface area contributed by atoms with E-state index in [-0.39, 0.29) is 6.42 Å². The summed E-state index contributed by atoms with van der Waals surface area (Å²) in [6.45, 7) is 1.43. The highest BCUT2D eigenvalue weighted by molar-refractivity contribution is 5.66. The van der Waals surface area contributed by atoms with Crippen LogP contribution in [0.1, 0.15) is 36.3 Å². The van der Waals surface area contributed by atoms with Crippen molar-refractivity contribution in [3.05, 3.63) is 35.4 Å². The molecule has 1 fully saturated rings. The number of nitrogens with zero attached hydrogens (tertiary/aromatic N) is 1. The molecule has 1 N–H and O–H groups in total. The van der Waals surface area contributed by atoms with Crippen molar-refractivity contribution in [1.82, 2.24) is 4.90 Å². The monoisotopic (exact) mass is 233 g/mol. The van der Waals surface area contributed by atoms with Crippen molar-refractivity contribution in [3.63, 3.8) is 0 Å². The number of benzene rings is 1. The molecule has 0 aliphatic heterocycles. The summed E-state index contributed by atoms with van der Waals surface area (Å²) >= 11 is 0. The van der Waals surface area contributed by atoms with Crippen molar-refractivity contribution in [1.29, 1.82) is 0 Å². The van der Waals surface area contributed by atoms with Crippen molar-refractivity contribution in [2.24, 2.45) is 0 Å². The molecule has 0 spiro atoms. The van der Waals surface area contributed by atoms with E-state index in [2.05, 4.69) is 29.2 Å². The lowest BCUT2D eigenvalue weighted by atomic mass is 10.1. The topological polar surface area (TPSA) is 40.5 Å². The third-order valence-electron chi connectivity index (χ3n) is 3.16. The van der Waals surface area contributed by atoms with Gasteiger partial charge in [-0.3, -0.25) is 4.79 Å². The summed E-state index contributed by atoms with van der Waals surface area (Å²) in [5.74, 6) is 0.0443. The summed E-state index contributed by atoms with van der Waals surface area (Å²) in [5.41, 5.74) is 2.72. The Labute approximate surface area is 102 Å². The van der Waals surface area contributed by atoms with Gasteiger partial charge < -0.3 is 10.0 Å². The molecule has 0 aromatic heterocycles. The molecular weight excluding hydrogens is 214 g/mol. The van der Waals surface area contributed by atoms with Gasteiger partial charge in [0.25, 0.3) is 0 Å². The Morgan fingerprint density at radius 2 is 2.24 bits per heavy atom. The molecule has 1 aliphatic carbocycles. The minimum atomic E-state index is -0.733. The van der Waals surface area contributed by atoms with Crippen LogP contribution in [0.4, 0.5) is 0 Å². The highest BCUT2D eigenvalue weighted by Crippen LogP contribution is 2.40. The molecule has 0 saturated heterocycles. The van der Waals surface area contributed by atoms with Gasteiger partial charge in [-0.05, 0) is 36.9 Å². The molecule has 0 unspecified atom stereocenters. The predicted octanol–water partition coefficient (Wildman–Crippen LogP) is 2.47. The Hall–Kier alpha value is -1.35. The molecular formula is C14H19NO2. The van der Waals surface area contributed by atoms with E-state index in [4.69, 9.17) is 5.11 Å². The van der Waals surface area contributed by atoms with Gasteiger partial charge in [0.15, 0.2) is 0 Å². The van der Waals surface area contributed by atoms with Crippen LogP contribution in [0.15, 0.2) is 24.3 Å². The molecule has 0 atom stereocenters. The first-order valence-corrected chi connectivity index (χ1v) is 6.14. The third kappa shape index (κ3) is 3.86. The first kappa shape index (κ1) is 12.1. The molecule has 2 rings (SSSR count). The number of aliphatic carboxylic acids is 1. The molecule has 0 heterocycles. The number of carboxylic acid groups (broad SMARTS) is 1. The number of carbonyl (C=O) groups is 1. The smallest absolute Gasteiger partial charge is 0.304 e. The molecule has 1 aromatic carbocycles. The summed E-state index contributed by atoms with van der Waals surface area (Å²) in [6.07, 6.45) is 2.84. The summed E-state index contributed by atoms with van der Waals surface area (Å²) in [4.78, 5) is 12.5. The van der Waals surface area contributed by atoms with Crippen LogP contribution in [0.5, 0.6) is 0 Å². The second-order valence-electron chi connectivity index (χ2n) is 4.90. The van der Waals surface area contributed by atoms with E-state index in [0.29, 0.717) is 6.54 Å². The Morgan fingerprint density at radius 1 is 1.47 bits per heavy atom. The van der Waals surface area contributed by atoms with Gasteiger partial charge in [-0.2, -0.15) is 0 Å². The van der Waals surface area contributed by atoms with Gasteiger partial charge in [0.2, 0.25) is 0 Å². The van der Waals surface area contributed by atoms with Crippen LogP contribution in [-0.4, -0.2) is 29.6 Å². The van der Waals surface area contributed by atoms with E-state index in [1.165, 1.54) is 24.0 Å². The summed E-state index contributed by atoms with van der Waals surface area (Å²) < 4.78 is 0. The van der Waals surface area contributed by atoms with Gasteiger partial charge in [-0.15, -0.1) is 0 Å². The molecule has 0 amide bonds. The molecule has 1 saturated carbocycles. The van der Waals surface area contributed by atoms with E-state index in [1.807, 2.05) is 7.05 Å². The molecule has 3 heteroatoms. The van der Waals surface area contributed by atoms with Crippen LogP contribution in [0.3, 0.4) is 0 Å². The van der Waals surface area contributed by atoms with Gasteiger partial charge in [0.05, 0.1) is 6.42 Å². The highest BCUT2D eigenvalue weighted by atomic mass is 16.4. The normalized spacial score (nSPS) is 15.2. The Kier molecular flexibility index (Phi) is 3.79. The number of hydrogen-bond acceptors (Lipinski definition) is 2. The van der Waals surface area contributed by atoms with Crippen LogP contribution < -0.4 is 0 Å². The van der Waals surface area contributed by atoms with Crippen LogP contribution in [0.2, 0.25) is 0 Å². The fraction of sp³-hybridized carbons (Fsp3) is 0.500. The minimum absolute atomic E-state index is 0.207. The number of carboxylic acids is 1. The van der Waals surface area contributed by atoms with E-state index >= 15 is 0 Å².